The quantitative estimate of drug-likeness (QED) is 0.429. The molecule has 0 heterocycles. The van der Waals surface area contributed by atoms with Crippen LogP contribution in [0.2, 0.25) is 13.1 Å². The molecule has 0 saturated carbocycles. The fourth-order valence-electron chi connectivity index (χ4n) is 0.624. The van der Waals surface area contributed by atoms with E-state index < -0.39 is 8.80 Å². The van der Waals surface area contributed by atoms with Crippen molar-refractivity contribution in [2.24, 2.45) is 0 Å². The largest absolute Gasteiger partial charge is 0.385 e. The van der Waals surface area contributed by atoms with E-state index in [2.05, 4.69) is 13.1 Å². The zero-order valence-electron chi connectivity index (χ0n) is 7.22. The van der Waals surface area contributed by atoms with Gasteiger partial charge in [-0.2, -0.15) is 0 Å². The molecule has 0 unspecified atom stereocenters. The van der Waals surface area contributed by atoms with Gasteiger partial charge < -0.3 is 9.47 Å². The molecule has 3 heteroatoms. The van der Waals surface area contributed by atoms with Gasteiger partial charge in [0.25, 0.3) is 0 Å². The third-order valence-corrected chi connectivity index (χ3v) is 1.99. The van der Waals surface area contributed by atoms with Gasteiger partial charge in [0.05, 0.1) is 8.80 Å². The molecule has 0 radical (unpaired) electrons. The lowest BCUT2D eigenvalue weighted by Crippen LogP contribution is -2.12. The predicted molar refractivity (Wildman–Crippen MR) is 46.2 cm³/mol. The van der Waals surface area contributed by atoms with Crippen LogP contribution in [0, 0.1) is 0 Å². The Balaban J connectivity index is 2.77. The molecule has 62 valence electrons. The summed E-state index contributed by atoms with van der Waals surface area (Å²) in [6.07, 6.45) is 2.03. The van der Waals surface area contributed by atoms with E-state index in [1.807, 2.05) is 0 Å². The number of hydrogen-bond acceptors (Lipinski definition) is 2. The minimum atomic E-state index is -0.485. The van der Waals surface area contributed by atoms with Crippen molar-refractivity contribution in [3.8, 4) is 0 Å². The van der Waals surface area contributed by atoms with Crippen molar-refractivity contribution in [3.63, 3.8) is 0 Å². The first-order valence-corrected chi connectivity index (χ1v) is 6.96. The average Bonchev–Trinajstić information content (AvgIpc) is 1.87. The number of ether oxygens (including phenoxy) is 2. The molecule has 0 aromatic carbocycles. The number of rotatable bonds is 6. The second-order valence-electron chi connectivity index (χ2n) is 2.82. The van der Waals surface area contributed by atoms with Crippen molar-refractivity contribution in [2.75, 3.05) is 26.6 Å². The maximum absolute atomic E-state index is 5.38. The zero-order chi connectivity index (χ0) is 7.82. The molecule has 0 amide bonds. The van der Waals surface area contributed by atoms with Crippen LogP contribution in [0.1, 0.15) is 6.42 Å². The molecule has 10 heavy (non-hydrogen) atoms. The molecule has 0 aromatic heterocycles. The minimum Gasteiger partial charge on any atom is -0.385 e. The fourth-order valence-corrected chi connectivity index (χ4v) is 1.26. The van der Waals surface area contributed by atoms with E-state index in [-0.39, 0.29) is 0 Å². The number of hydrogen-bond donors (Lipinski definition) is 0. The highest BCUT2D eigenvalue weighted by Crippen LogP contribution is 1.86. The van der Waals surface area contributed by atoms with Gasteiger partial charge >= 0.3 is 0 Å². The molecule has 0 spiro atoms. The van der Waals surface area contributed by atoms with E-state index >= 15 is 0 Å². The lowest BCUT2D eigenvalue weighted by Gasteiger charge is -2.04. The SMILES string of the molecule is COCCCOC[SiH](C)C. The molecule has 0 bridgehead atoms. The first-order valence-electron chi connectivity index (χ1n) is 3.84. The summed E-state index contributed by atoms with van der Waals surface area (Å²) in [5.41, 5.74) is 0. The molecule has 0 aromatic rings. The molecule has 0 aliphatic carbocycles. The van der Waals surface area contributed by atoms with Crippen LogP contribution in [0.25, 0.3) is 0 Å². The van der Waals surface area contributed by atoms with Crippen molar-refractivity contribution < 1.29 is 9.47 Å². The van der Waals surface area contributed by atoms with E-state index in [1.165, 1.54) is 0 Å². The Morgan fingerprint density at radius 2 is 1.90 bits per heavy atom. The maximum Gasteiger partial charge on any atom is 0.0616 e. The van der Waals surface area contributed by atoms with Gasteiger partial charge in [-0.25, -0.2) is 0 Å². The fraction of sp³-hybridized carbons (Fsp3) is 1.00. The monoisotopic (exact) mass is 162 g/mol. The van der Waals surface area contributed by atoms with Crippen molar-refractivity contribution in [1.82, 2.24) is 0 Å². The van der Waals surface area contributed by atoms with Gasteiger partial charge in [-0.1, -0.05) is 13.1 Å². The van der Waals surface area contributed by atoms with Crippen LogP contribution < -0.4 is 0 Å². The topological polar surface area (TPSA) is 18.5 Å². The van der Waals surface area contributed by atoms with E-state index in [1.54, 1.807) is 7.11 Å². The molecule has 2 nitrogen and oxygen atoms in total. The predicted octanol–water partition coefficient (Wildman–Crippen LogP) is 1.07. The second-order valence-corrected chi connectivity index (χ2v) is 5.94. The van der Waals surface area contributed by atoms with Gasteiger partial charge in [-0.05, 0) is 6.42 Å². The highest BCUT2D eigenvalue weighted by Gasteiger charge is 1.93. The summed E-state index contributed by atoms with van der Waals surface area (Å²) >= 11 is 0. The molecule has 0 rings (SSSR count). The summed E-state index contributed by atoms with van der Waals surface area (Å²) in [5, 5.41) is 0. The third-order valence-electron chi connectivity index (χ3n) is 1.09. The Morgan fingerprint density at radius 3 is 2.40 bits per heavy atom. The average molecular weight is 162 g/mol. The first kappa shape index (κ1) is 10.1. The molecular weight excluding hydrogens is 144 g/mol. The summed E-state index contributed by atoms with van der Waals surface area (Å²) in [6.45, 7) is 6.26. The summed E-state index contributed by atoms with van der Waals surface area (Å²) in [6, 6.07) is 0. The van der Waals surface area contributed by atoms with Crippen molar-refractivity contribution in [1.29, 1.82) is 0 Å². The Labute approximate surface area is 65.1 Å². The lowest BCUT2D eigenvalue weighted by atomic mass is 10.5. The minimum absolute atomic E-state index is 0.485. The van der Waals surface area contributed by atoms with Gasteiger partial charge in [0.15, 0.2) is 0 Å². The molecule has 0 N–H and O–H groups in total. The third kappa shape index (κ3) is 8.14. The van der Waals surface area contributed by atoms with E-state index in [9.17, 15) is 0 Å². The summed E-state index contributed by atoms with van der Waals surface area (Å²) in [5.74, 6) is 0. The summed E-state index contributed by atoms with van der Waals surface area (Å²) < 4.78 is 10.3. The summed E-state index contributed by atoms with van der Waals surface area (Å²) in [4.78, 5) is 0. The Morgan fingerprint density at radius 1 is 1.20 bits per heavy atom. The van der Waals surface area contributed by atoms with Crippen molar-refractivity contribution >= 4 is 8.80 Å². The van der Waals surface area contributed by atoms with Crippen LogP contribution in [0.4, 0.5) is 0 Å². The maximum atomic E-state index is 5.38. The van der Waals surface area contributed by atoms with Crippen molar-refractivity contribution in [2.45, 2.75) is 19.5 Å². The molecule has 0 atom stereocenters. The van der Waals surface area contributed by atoms with Crippen LogP contribution in [0.15, 0.2) is 0 Å². The molecule has 0 aliphatic rings. The van der Waals surface area contributed by atoms with Crippen LogP contribution in [-0.4, -0.2) is 35.4 Å². The lowest BCUT2D eigenvalue weighted by molar-refractivity contribution is 0.127. The highest BCUT2D eigenvalue weighted by atomic mass is 28.3. The van der Waals surface area contributed by atoms with E-state index in [0.717, 1.165) is 25.9 Å². The van der Waals surface area contributed by atoms with Crippen LogP contribution in [0.5, 0.6) is 0 Å². The van der Waals surface area contributed by atoms with Crippen LogP contribution in [-0.2, 0) is 9.47 Å². The van der Waals surface area contributed by atoms with E-state index in [0.29, 0.717) is 0 Å². The Kier molecular flexibility index (Phi) is 7.35. The second kappa shape index (κ2) is 7.25. The zero-order valence-corrected chi connectivity index (χ0v) is 8.38. The van der Waals surface area contributed by atoms with E-state index in [4.69, 9.17) is 9.47 Å². The molecule has 0 fully saturated rings. The smallest absolute Gasteiger partial charge is 0.0616 e. The van der Waals surface area contributed by atoms with Gasteiger partial charge in [-0.3, -0.25) is 0 Å². The molecular formula is C7H18O2Si. The van der Waals surface area contributed by atoms with Gasteiger partial charge in [-0.15, -0.1) is 0 Å². The van der Waals surface area contributed by atoms with Gasteiger partial charge in [0, 0.05) is 26.6 Å². The Hall–Kier alpha value is 0.137. The number of methoxy groups -OCH3 is 1. The van der Waals surface area contributed by atoms with Gasteiger partial charge in [0.2, 0.25) is 0 Å². The van der Waals surface area contributed by atoms with Gasteiger partial charge in [0.1, 0.15) is 0 Å². The highest BCUT2D eigenvalue weighted by molar-refractivity contribution is 6.55. The molecule has 0 saturated heterocycles. The van der Waals surface area contributed by atoms with Crippen LogP contribution in [0.3, 0.4) is 0 Å². The normalized spacial score (nSPS) is 10.8. The Bertz CT molecular complexity index is 66.6. The molecule has 0 aliphatic heterocycles. The van der Waals surface area contributed by atoms with Crippen molar-refractivity contribution in [3.05, 3.63) is 0 Å². The standard InChI is InChI=1S/C7H18O2Si/c1-8-5-4-6-9-7-10(2)3/h10H,4-7H2,1-3H3. The van der Waals surface area contributed by atoms with Crippen LogP contribution >= 0.6 is 0 Å². The summed E-state index contributed by atoms with van der Waals surface area (Å²) in [7, 11) is 1.23. The first-order chi connectivity index (χ1) is 4.77.